The number of halogens is 1. The zero-order valence-electron chi connectivity index (χ0n) is 13.0. The monoisotopic (exact) mass is 291 g/mol. The number of hydrogen-bond acceptors (Lipinski definition) is 1. The summed E-state index contributed by atoms with van der Waals surface area (Å²) in [5, 5.41) is 4.75. The van der Waals surface area contributed by atoms with Gasteiger partial charge in [-0.2, -0.15) is 0 Å². The lowest BCUT2D eigenvalue weighted by Gasteiger charge is -2.44. The molecule has 3 rings (SSSR count). The van der Waals surface area contributed by atoms with Crippen LogP contribution in [0.3, 0.4) is 0 Å². The molecule has 0 aromatic heterocycles. The highest BCUT2D eigenvalue weighted by Crippen LogP contribution is 2.62. The maximum absolute atomic E-state index is 5.99. The Morgan fingerprint density at radius 1 is 1.20 bits per heavy atom. The highest BCUT2D eigenvalue weighted by atomic mass is 35.5. The standard InChI is InChI=1S/C18H26ClN/c1-12(13-5-7-15(19)8-6-13)20-16-17(2,3)14-9-10-18(16,4)11-14/h5-8,12,14,16,20H,9-11H2,1-4H3. The first-order valence-electron chi connectivity index (χ1n) is 7.84. The third kappa shape index (κ3) is 2.19. The van der Waals surface area contributed by atoms with Gasteiger partial charge in [0, 0.05) is 17.1 Å². The summed E-state index contributed by atoms with van der Waals surface area (Å²) in [6, 6.07) is 9.25. The van der Waals surface area contributed by atoms with Crippen LogP contribution in [0.25, 0.3) is 0 Å². The van der Waals surface area contributed by atoms with E-state index in [-0.39, 0.29) is 0 Å². The van der Waals surface area contributed by atoms with Crippen molar-refractivity contribution in [3.8, 4) is 0 Å². The minimum absolute atomic E-state index is 0.382. The molecule has 1 aromatic rings. The molecule has 4 atom stereocenters. The van der Waals surface area contributed by atoms with Crippen LogP contribution in [-0.2, 0) is 0 Å². The van der Waals surface area contributed by atoms with Gasteiger partial charge in [0.05, 0.1) is 0 Å². The summed E-state index contributed by atoms with van der Waals surface area (Å²) in [5.74, 6) is 0.891. The molecule has 1 N–H and O–H groups in total. The van der Waals surface area contributed by atoms with Crippen LogP contribution in [0.15, 0.2) is 24.3 Å². The van der Waals surface area contributed by atoms with Gasteiger partial charge in [-0.25, -0.2) is 0 Å². The van der Waals surface area contributed by atoms with Crippen LogP contribution in [0.1, 0.15) is 58.6 Å². The fraction of sp³-hybridized carbons (Fsp3) is 0.667. The fourth-order valence-corrected chi connectivity index (χ4v) is 4.94. The van der Waals surface area contributed by atoms with Crippen LogP contribution < -0.4 is 5.32 Å². The van der Waals surface area contributed by atoms with Gasteiger partial charge in [-0.3, -0.25) is 0 Å². The van der Waals surface area contributed by atoms with E-state index in [4.69, 9.17) is 11.6 Å². The Labute approximate surface area is 128 Å². The van der Waals surface area contributed by atoms with Crippen molar-refractivity contribution in [3.63, 3.8) is 0 Å². The van der Waals surface area contributed by atoms with E-state index in [0.717, 1.165) is 10.9 Å². The van der Waals surface area contributed by atoms with Crippen LogP contribution >= 0.6 is 11.6 Å². The molecule has 1 aromatic carbocycles. The second-order valence-corrected chi connectivity index (χ2v) is 8.22. The van der Waals surface area contributed by atoms with Crippen LogP contribution in [0.5, 0.6) is 0 Å². The minimum Gasteiger partial charge on any atom is -0.306 e. The fourth-order valence-electron chi connectivity index (χ4n) is 4.82. The van der Waals surface area contributed by atoms with Crippen molar-refractivity contribution >= 4 is 11.6 Å². The molecule has 2 aliphatic rings. The summed E-state index contributed by atoms with van der Waals surface area (Å²) in [6.07, 6.45) is 4.19. The molecule has 0 radical (unpaired) electrons. The zero-order chi connectivity index (χ0) is 14.5. The number of hydrogen-bond donors (Lipinski definition) is 1. The molecule has 2 bridgehead atoms. The lowest BCUT2D eigenvalue weighted by Crippen LogP contribution is -2.50. The number of rotatable bonds is 3. The van der Waals surface area contributed by atoms with E-state index in [1.807, 2.05) is 12.1 Å². The highest BCUT2D eigenvalue weighted by Gasteiger charge is 2.59. The first kappa shape index (κ1) is 14.4. The molecule has 110 valence electrons. The highest BCUT2D eigenvalue weighted by molar-refractivity contribution is 6.30. The van der Waals surface area contributed by atoms with Crippen molar-refractivity contribution in [2.45, 2.75) is 59.0 Å². The quantitative estimate of drug-likeness (QED) is 0.806. The molecule has 20 heavy (non-hydrogen) atoms. The molecule has 0 spiro atoms. The minimum atomic E-state index is 0.382. The van der Waals surface area contributed by atoms with E-state index < -0.39 is 0 Å². The molecular formula is C18H26ClN. The van der Waals surface area contributed by atoms with Gasteiger partial charge in [0.2, 0.25) is 0 Å². The SMILES string of the molecule is CC(NC1C2(C)CCC(C2)C1(C)C)c1ccc(Cl)cc1. The molecule has 0 saturated heterocycles. The van der Waals surface area contributed by atoms with Crippen LogP contribution in [0.4, 0.5) is 0 Å². The van der Waals surface area contributed by atoms with E-state index >= 15 is 0 Å². The van der Waals surface area contributed by atoms with Gasteiger partial charge in [0.1, 0.15) is 0 Å². The third-order valence-corrected chi connectivity index (χ3v) is 6.31. The summed E-state index contributed by atoms with van der Waals surface area (Å²) in [5.41, 5.74) is 2.22. The van der Waals surface area contributed by atoms with Gasteiger partial charge in [0.25, 0.3) is 0 Å². The number of nitrogens with one attached hydrogen (secondary N) is 1. The average molecular weight is 292 g/mol. The van der Waals surface area contributed by atoms with Crippen molar-refractivity contribution in [2.75, 3.05) is 0 Å². The van der Waals surface area contributed by atoms with Crippen LogP contribution in [0, 0.1) is 16.7 Å². The predicted octanol–water partition coefficient (Wildman–Crippen LogP) is 5.21. The second-order valence-electron chi connectivity index (χ2n) is 7.79. The molecule has 2 fully saturated rings. The lowest BCUT2D eigenvalue weighted by molar-refractivity contribution is 0.100. The average Bonchev–Trinajstić information content (AvgIpc) is 2.86. The summed E-state index contributed by atoms with van der Waals surface area (Å²) >= 11 is 5.99. The molecular weight excluding hydrogens is 266 g/mol. The Kier molecular flexibility index (Phi) is 3.42. The summed E-state index contributed by atoms with van der Waals surface area (Å²) < 4.78 is 0. The molecule has 4 unspecified atom stereocenters. The predicted molar refractivity (Wildman–Crippen MR) is 86.0 cm³/mol. The Balaban J connectivity index is 1.78. The summed E-state index contributed by atoms with van der Waals surface area (Å²) in [6.45, 7) is 9.66. The molecule has 0 amide bonds. The topological polar surface area (TPSA) is 12.0 Å². The van der Waals surface area contributed by atoms with Crippen LogP contribution in [0.2, 0.25) is 5.02 Å². The first-order chi connectivity index (χ1) is 9.33. The van der Waals surface area contributed by atoms with E-state index in [0.29, 0.717) is 22.9 Å². The molecule has 2 heteroatoms. The smallest absolute Gasteiger partial charge is 0.0406 e. The first-order valence-corrected chi connectivity index (χ1v) is 8.22. The van der Waals surface area contributed by atoms with Gasteiger partial charge >= 0.3 is 0 Å². The van der Waals surface area contributed by atoms with Gasteiger partial charge in [-0.15, -0.1) is 0 Å². The molecule has 2 aliphatic carbocycles. The van der Waals surface area contributed by atoms with E-state index in [2.05, 4.69) is 45.1 Å². The number of benzene rings is 1. The maximum Gasteiger partial charge on any atom is 0.0406 e. The van der Waals surface area contributed by atoms with E-state index in [9.17, 15) is 0 Å². The van der Waals surface area contributed by atoms with Gasteiger partial charge < -0.3 is 5.32 Å². The summed E-state index contributed by atoms with van der Waals surface area (Å²) in [7, 11) is 0. The Bertz CT molecular complexity index is 488. The number of fused-ring (bicyclic) bond motifs is 2. The Morgan fingerprint density at radius 3 is 2.40 bits per heavy atom. The van der Waals surface area contributed by atoms with Crippen LogP contribution in [-0.4, -0.2) is 6.04 Å². The van der Waals surface area contributed by atoms with Crippen molar-refractivity contribution in [2.24, 2.45) is 16.7 Å². The van der Waals surface area contributed by atoms with Gasteiger partial charge in [-0.05, 0) is 60.6 Å². The second kappa shape index (κ2) is 4.74. The maximum atomic E-state index is 5.99. The molecule has 2 saturated carbocycles. The molecule has 0 aliphatic heterocycles. The molecule has 1 nitrogen and oxygen atoms in total. The lowest BCUT2D eigenvalue weighted by atomic mass is 9.68. The van der Waals surface area contributed by atoms with Crippen molar-refractivity contribution in [1.29, 1.82) is 0 Å². The molecule has 0 heterocycles. The zero-order valence-corrected chi connectivity index (χ0v) is 13.8. The van der Waals surface area contributed by atoms with Crippen molar-refractivity contribution in [3.05, 3.63) is 34.9 Å². The van der Waals surface area contributed by atoms with Crippen molar-refractivity contribution < 1.29 is 0 Å². The van der Waals surface area contributed by atoms with E-state index in [1.165, 1.54) is 24.8 Å². The van der Waals surface area contributed by atoms with Gasteiger partial charge in [-0.1, -0.05) is 44.5 Å². The van der Waals surface area contributed by atoms with E-state index in [1.54, 1.807) is 0 Å². The van der Waals surface area contributed by atoms with Gasteiger partial charge in [0.15, 0.2) is 0 Å². The Morgan fingerprint density at radius 2 is 1.85 bits per heavy atom. The summed E-state index contributed by atoms with van der Waals surface area (Å²) in [4.78, 5) is 0. The third-order valence-electron chi connectivity index (χ3n) is 6.06. The Hall–Kier alpha value is -0.530. The largest absolute Gasteiger partial charge is 0.306 e. The van der Waals surface area contributed by atoms with Crippen molar-refractivity contribution in [1.82, 2.24) is 5.32 Å². The normalized spacial score (nSPS) is 36.2.